The van der Waals surface area contributed by atoms with Crippen LogP contribution < -0.4 is 10.0 Å². The van der Waals surface area contributed by atoms with Crippen molar-refractivity contribution in [2.45, 2.75) is 38.5 Å². The van der Waals surface area contributed by atoms with Gasteiger partial charge in [0.25, 0.3) is 0 Å². The molecule has 2 aliphatic rings. The van der Waals surface area contributed by atoms with Crippen molar-refractivity contribution in [1.82, 2.24) is 10.0 Å². The van der Waals surface area contributed by atoms with Gasteiger partial charge >= 0.3 is 0 Å². The van der Waals surface area contributed by atoms with Crippen molar-refractivity contribution < 1.29 is 8.42 Å². The number of nitrogens with one attached hydrogen (secondary N) is 2. The third kappa shape index (κ3) is 4.56. The van der Waals surface area contributed by atoms with E-state index < -0.39 is 10.0 Å². The summed E-state index contributed by atoms with van der Waals surface area (Å²) in [7, 11) is -3.05. The molecule has 4 nitrogen and oxygen atoms in total. The highest BCUT2D eigenvalue weighted by Gasteiger charge is 2.23. The highest BCUT2D eigenvalue weighted by molar-refractivity contribution is 7.89. The largest absolute Gasteiger partial charge is 0.316 e. The van der Waals surface area contributed by atoms with Crippen LogP contribution in [0.4, 0.5) is 0 Å². The fourth-order valence-electron chi connectivity index (χ4n) is 2.86. The molecular weight excluding hydrogens is 236 g/mol. The SMILES string of the molecule is O=S(=O)(CC1CCNC1)NCC1CCCCC1. The molecule has 17 heavy (non-hydrogen) atoms. The summed E-state index contributed by atoms with van der Waals surface area (Å²) in [6, 6.07) is 0. The van der Waals surface area contributed by atoms with Crippen molar-refractivity contribution in [3.63, 3.8) is 0 Å². The average Bonchev–Trinajstić information content (AvgIpc) is 2.80. The van der Waals surface area contributed by atoms with Gasteiger partial charge in [0.1, 0.15) is 0 Å². The van der Waals surface area contributed by atoms with Gasteiger partial charge in [0.15, 0.2) is 0 Å². The zero-order valence-corrected chi connectivity index (χ0v) is 11.3. The third-order valence-electron chi connectivity index (χ3n) is 3.93. The lowest BCUT2D eigenvalue weighted by atomic mass is 9.90. The monoisotopic (exact) mass is 260 g/mol. The Kier molecular flexibility index (Phi) is 4.82. The van der Waals surface area contributed by atoms with Gasteiger partial charge in [0, 0.05) is 6.54 Å². The molecule has 1 unspecified atom stereocenters. The first-order chi connectivity index (χ1) is 8.16. The summed E-state index contributed by atoms with van der Waals surface area (Å²) in [6.07, 6.45) is 7.21. The normalized spacial score (nSPS) is 27.4. The van der Waals surface area contributed by atoms with Crippen LogP contribution in [0.15, 0.2) is 0 Å². The molecule has 0 bridgehead atoms. The zero-order valence-electron chi connectivity index (χ0n) is 10.5. The zero-order chi connectivity index (χ0) is 12.1. The Labute approximate surface area is 105 Å². The molecule has 1 saturated carbocycles. The topological polar surface area (TPSA) is 58.2 Å². The second kappa shape index (κ2) is 6.16. The van der Waals surface area contributed by atoms with E-state index in [0.29, 0.717) is 24.1 Å². The molecule has 2 fully saturated rings. The first-order valence-corrected chi connectivity index (χ1v) is 8.49. The molecular formula is C12H24N2O2S. The number of hydrogen-bond donors (Lipinski definition) is 2. The molecule has 1 aliphatic heterocycles. The van der Waals surface area contributed by atoms with Gasteiger partial charge in [-0.25, -0.2) is 13.1 Å². The van der Waals surface area contributed by atoms with Gasteiger partial charge in [-0.05, 0) is 44.2 Å². The second-order valence-corrected chi connectivity index (χ2v) is 7.34. The molecule has 100 valence electrons. The maximum Gasteiger partial charge on any atom is 0.211 e. The standard InChI is InChI=1S/C12H24N2O2S/c15-17(16,10-12-6-7-13-8-12)14-9-11-4-2-1-3-5-11/h11-14H,1-10H2. The van der Waals surface area contributed by atoms with Gasteiger partial charge < -0.3 is 5.32 Å². The van der Waals surface area contributed by atoms with E-state index in [1.807, 2.05) is 0 Å². The van der Waals surface area contributed by atoms with Crippen LogP contribution in [0, 0.1) is 11.8 Å². The third-order valence-corrected chi connectivity index (χ3v) is 5.45. The molecule has 1 saturated heterocycles. The minimum atomic E-state index is -3.05. The smallest absolute Gasteiger partial charge is 0.211 e. The van der Waals surface area contributed by atoms with E-state index in [0.717, 1.165) is 19.5 Å². The lowest BCUT2D eigenvalue weighted by Gasteiger charge is -2.22. The molecule has 0 radical (unpaired) electrons. The fraction of sp³-hybridized carbons (Fsp3) is 1.00. The van der Waals surface area contributed by atoms with E-state index in [4.69, 9.17) is 0 Å². The molecule has 0 amide bonds. The summed E-state index contributed by atoms with van der Waals surface area (Å²) >= 11 is 0. The van der Waals surface area contributed by atoms with Crippen LogP contribution in [0.1, 0.15) is 38.5 Å². The minimum absolute atomic E-state index is 0.298. The Hall–Kier alpha value is -0.130. The quantitative estimate of drug-likeness (QED) is 0.778. The van der Waals surface area contributed by atoms with E-state index in [-0.39, 0.29) is 0 Å². The Morgan fingerprint density at radius 1 is 1.06 bits per heavy atom. The van der Waals surface area contributed by atoms with Gasteiger partial charge in [-0.3, -0.25) is 0 Å². The summed E-state index contributed by atoms with van der Waals surface area (Å²) in [4.78, 5) is 0. The van der Waals surface area contributed by atoms with Gasteiger partial charge in [-0.2, -0.15) is 0 Å². The molecule has 0 aromatic rings. The fourth-order valence-corrected chi connectivity index (χ4v) is 4.37. The van der Waals surface area contributed by atoms with E-state index in [2.05, 4.69) is 10.0 Å². The molecule has 1 heterocycles. The Morgan fingerprint density at radius 3 is 2.47 bits per heavy atom. The highest BCUT2D eigenvalue weighted by Crippen LogP contribution is 2.23. The maximum absolute atomic E-state index is 11.9. The van der Waals surface area contributed by atoms with Crippen molar-refractivity contribution in [1.29, 1.82) is 0 Å². The van der Waals surface area contributed by atoms with Crippen LogP contribution in [-0.2, 0) is 10.0 Å². The van der Waals surface area contributed by atoms with Gasteiger partial charge in [0.2, 0.25) is 10.0 Å². The Morgan fingerprint density at radius 2 is 1.82 bits per heavy atom. The van der Waals surface area contributed by atoms with E-state index in [1.54, 1.807) is 0 Å². The minimum Gasteiger partial charge on any atom is -0.316 e. The van der Waals surface area contributed by atoms with E-state index in [9.17, 15) is 8.42 Å². The molecule has 5 heteroatoms. The molecule has 1 atom stereocenters. The Balaban J connectivity index is 1.72. The molecule has 0 aromatic heterocycles. The highest BCUT2D eigenvalue weighted by atomic mass is 32.2. The Bertz CT molecular complexity index is 317. The van der Waals surface area contributed by atoms with Gasteiger partial charge in [-0.15, -0.1) is 0 Å². The van der Waals surface area contributed by atoms with Crippen LogP contribution in [-0.4, -0.2) is 33.8 Å². The first kappa shape index (κ1) is 13.3. The van der Waals surface area contributed by atoms with Crippen LogP contribution in [0.25, 0.3) is 0 Å². The summed E-state index contributed by atoms with van der Waals surface area (Å²) in [5.74, 6) is 1.17. The van der Waals surface area contributed by atoms with Gasteiger partial charge in [-0.1, -0.05) is 19.3 Å². The van der Waals surface area contributed by atoms with E-state index >= 15 is 0 Å². The summed E-state index contributed by atoms with van der Waals surface area (Å²) < 4.78 is 26.6. The summed E-state index contributed by atoms with van der Waals surface area (Å²) in [5.41, 5.74) is 0. The van der Waals surface area contributed by atoms with Crippen LogP contribution in [0.5, 0.6) is 0 Å². The average molecular weight is 260 g/mol. The van der Waals surface area contributed by atoms with Crippen molar-refractivity contribution in [3.05, 3.63) is 0 Å². The van der Waals surface area contributed by atoms with Crippen molar-refractivity contribution in [3.8, 4) is 0 Å². The number of sulfonamides is 1. The molecule has 0 aromatic carbocycles. The summed E-state index contributed by atoms with van der Waals surface area (Å²) in [5, 5.41) is 3.21. The number of rotatable bonds is 5. The van der Waals surface area contributed by atoms with Crippen LogP contribution in [0.3, 0.4) is 0 Å². The lowest BCUT2D eigenvalue weighted by Crippen LogP contribution is -2.34. The predicted octanol–water partition coefficient (Wildman–Crippen LogP) is 1.10. The first-order valence-electron chi connectivity index (χ1n) is 6.84. The molecule has 2 N–H and O–H groups in total. The predicted molar refractivity (Wildman–Crippen MR) is 69.3 cm³/mol. The molecule has 1 aliphatic carbocycles. The van der Waals surface area contributed by atoms with Crippen molar-refractivity contribution >= 4 is 10.0 Å². The van der Waals surface area contributed by atoms with Crippen LogP contribution in [0.2, 0.25) is 0 Å². The van der Waals surface area contributed by atoms with Crippen molar-refractivity contribution in [2.24, 2.45) is 11.8 Å². The van der Waals surface area contributed by atoms with Crippen LogP contribution >= 0.6 is 0 Å². The van der Waals surface area contributed by atoms with Gasteiger partial charge in [0.05, 0.1) is 5.75 Å². The lowest BCUT2D eigenvalue weighted by molar-refractivity contribution is 0.357. The number of hydrogen-bond acceptors (Lipinski definition) is 3. The van der Waals surface area contributed by atoms with Crippen molar-refractivity contribution in [2.75, 3.05) is 25.4 Å². The van der Waals surface area contributed by atoms with E-state index in [1.165, 1.54) is 32.1 Å². The molecule has 2 rings (SSSR count). The molecule has 0 spiro atoms. The summed E-state index contributed by atoms with van der Waals surface area (Å²) in [6.45, 7) is 2.47. The maximum atomic E-state index is 11.9. The second-order valence-electron chi connectivity index (χ2n) is 5.49.